The Balaban J connectivity index is 1.94. The number of hydrogen-bond acceptors (Lipinski definition) is 5. The van der Waals surface area contributed by atoms with E-state index >= 15 is 0 Å². The number of carbonyl (C=O) groups is 1. The van der Waals surface area contributed by atoms with Crippen molar-refractivity contribution in [3.8, 4) is 0 Å². The fourth-order valence-corrected chi connectivity index (χ4v) is 5.45. The van der Waals surface area contributed by atoms with Gasteiger partial charge in [0, 0.05) is 25.9 Å². The van der Waals surface area contributed by atoms with Crippen molar-refractivity contribution in [1.29, 1.82) is 0 Å². The van der Waals surface area contributed by atoms with E-state index in [0.29, 0.717) is 12.3 Å². The van der Waals surface area contributed by atoms with Crippen molar-refractivity contribution in [2.75, 3.05) is 7.11 Å². The largest absolute Gasteiger partial charge is 0.384 e. The molecule has 0 radical (unpaired) electrons. The molecular weight excluding hydrogens is 332 g/mol. The van der Waals surface area contributed by atoms with Crippen molar-refractivity contribution in [2.45, 2.75) is 90.5 Å². The molecule has 0 spiro atoms. The minimum Gasteiger partial charge on any atom is -0.384 e. The fraction of sp³-hybridized carbons (Fsp3) is 0.952. The Kier molecular flexibility index (Phi) is 5.57. The van der Waals surface area contributed by atoms with Crippen LogP contribution in [0.5, 0.6) is 0 Å². The molecule has 1 N–H and O–H groups in total. The first-order valence-corrected chi connectivity index (χ1v) is 10.3. The van der Waals surface area contributed by atoms with Gasteiger partial charge in [0.1, 0.15) is 11.4 Å². The molecule has 2 saturated heterocycles. The Bertz CT molecular complexity index is 534. The zero-order valence-electron chi connectivity index (χ0n) is 17.2. The van der Waals surface area contributed by atoms with Crippen LogP contribution < -0.4 is 0 Å². The molecule has 0 aromatic heterocycles. The van der Waals surface area contributed by atoms with E-state index in [2.05, 4.69) is 13.8 Å². The molecule has 2 heterocycles. The minimum absolute atomic E-state index is 0.00923. The van der Waals surface area contributed by atoms with Gasteiger partial charge < -0.3 is 19.3 Å². The smallest absolute Gasteiger partial charge is 0.190 e. The lowest BCUT2D eigenvalue weighted by Gasteiger charge is -2.57. The summed E-state index contributed by atoms with van der Waals surface area (Å²) in [5.41, 5.74) is -1.01. The van der Waals surface area contributed by atoms with E-state index in [1.807, 2.05) is 20.8 Å². The summed E-state index contributed by atoms with van der Waals surface area (Å²) in [6.45, 7) is 10.1. The summed E-state index contributed by atoms with van der Waals surface area (Å²) < 4.78 is 18.2. The van der Waals surface area contributed by atoms with Crippen LogP contribution in [0.4, 0.5) is 0 Å². The molecule has 5 nitrogen and oxygen atoms in total. The quantitative estimate of drug-likeness (QED) is 0.822. The number of Topliss-reactive ketones (excluding diaryl/α,β-unsaturated/α-hetero) is 1. The van der Waals surface area contributed by atoms with Gasteiger partial charge in [0.15, 0.2) is 12.1 Å². The van der Waals surface area contributed by atoms with Crippen LogP contribution in [0, 0.1) is 29.6 Å². The molecule has 0 bridgehead atoms. The van der Waals surface area contributed by atoms with Crippen LogP contribution in [0.25, 0.3) is 0 Å². The number of aliphatic hydroxyl groups is 1. The average molecular weight is 369 g/mol. The number of ether oxygens (including phenoxy) is 3. The van der Waals surface area contributed by atoms with Crippen LogP contribution in [-0.4, -0.2) is 41.8 Å². The van der Waals surface area contributed by atoms with Crippen molar-refractivity contribution in [2.24, 2.45) is 29.6 Å². The highest BCUT2D eigenvalue weighted by Crippen LogP contribution is 2.56. The van der Waals surface area contributed by atoms with E-state index < -0.39 is 17.7 Å². The summed E-state index contributed by atoms with van der Waals surface area (Å²) in [4.78, 5) is 12.4. The summed E-state index contributed by atoms with van der Waals surface area (Å²) in [6.07, 6.45) is 3.08. The molecule has 2 unspecified atom stereocenters. The van der Waals surface area contributed by atoms with Crippen LogP contribution in [0.3, 0.4) is 0 Å². The van der Waals surface area contributed by atoms with E-state index in [-0.39, 0.29) is 35.6 Å². The molecule has 1 aliphatic carbocycles. The summed E-state index contributed by atoms with van der Waals surface area (Å²) in [7, 11) is 1.64. The standard InChI is InChI=1S/C21H36O5/c1-12(2)17(22)11-18-14(4)16-8-7-13(3)15-9-10-20(5,24-6)26-19(25-18)21(15,16)23/h12-16,18-19,23H,7-11H2,1-6H3/t13-,14-,15+,16+,18?,19-,20?,21-/m1/s1. The van der Waals surface area contributed by atoms with Crippen LogP contribution >= 0.6 is 0 Å². The van der Waals surface area contributed by atoms with Crippen molar-refractivity contribution in [3.63, 3.8) is 0 Å². The lowest BCUT2D eigenvalue weighted by molar-refractivity contribution is -0.381. The zero-order chi connectivity index (χ0) is 19.3. The van der Waals surface area contributed by atoms with Gasteiger partial charge in [-0.05, 0) is 49.9 Å². The van der Waals surface area contributed by atoms with E-state index in [1.165, 1.54) is 0 Å². The zero-order valence-corrected chi connectivity index (χ0v) is 17.2. The Morgan fingerprint density at radius 1 is 1.23 bits per heavy atom. The van der Waals surface area contributed by atoms with Gasteiger partial charge in [-0.2, -0.15) is 0 Å². The second-order valence-corrected chi connectivity index (χ2v) is 9.34. The monoisotopic (exact) mass is 368 g/mol. The Morgan fingerprint density at radius 3 is 2.54 bits per heavy atom. The second-order valence-electron chi connectivity index (χ2n) is 9.34. The van der Waals surface area contributed by atoms with Crippen molar-refractivity contribution >= 4 is 5.78 Å². The number of ketones is 1. The van der Waals surface area contributed by atoms with Crippen LogP contribution in [0.2, 0.25) is 0 Å². The summed E-state index contributed by atoms with van der Waals surface area (Å²) >= 11 is 0. The number of methoxy groups -OCH3 is 1. The fourth-order valence-electron chi connectivity index (χ4n) is 5.45. The molecule has 0 amide bonds. The maximum absolute atomic E-state index is 12.4. The average Bonchev–Trinajstić information content (AvgIpc) is 2.69. The predicted molar refractivity (Wildman–Crippen MR) is 98.3 cm³/mol. The molecule has 3 aliphatic rings. The first-order valence-electron chi connectivity index (χ1n) is 10.3. The predicted octanol–water partition coefficient (Wildman–Crippen LogP) is 3.53. The van der Waals surface area contributed by atoms with Gasteiger partial charge in [0.05, 0.1) is 6.10 Å². The Labute approximate surface area is 157 Å². The number of carbonyl (C=O) groups excluding carboxylic acids is 1. The molecule has 26 heavy (non-hydrogen) atoms. The Morgan fingerprint density at radius 2 is 1.92 bits per heavy atom. The number of rotatable bonds is 4. The normalized spacial score (nSPS) is 48.8. The maximum Gasteiger partial charge on any atom is 0.190 e. The molecule has 1 saturated carbocycles. The molecule has 0 aromatic rings. The van der Waals surface area contributed by atoms with Crippen LogP contribution in [-0.2, 0) is 19.0 Å². The van der Waals surface area contributed by atoms with Gasteiger partial charge in [-0.1, -0.05) is 27.7 Å². The third-order valence-electron chi connectivity index (χ3n) is 7.45. The molecular formula is C21H36O5. The number of hydrogen-bond donors (Lipinski definition) is 1. The molecule has 3 fully saturated rings. The highest BCUT2D eigenvalue weighted by Gasteiger charge is 2.63. The summed E-state index contributed by atoms with van der Waals surface area (Å²) in [6, 6.07) is 0. The third kappa shape index (κ3) is 3.25. The van der Waals surface area contributed by atoms with Crippen molar-refractivity contribution < 1.29 is 24.1 Å². The minimum atomic E-state index is -1.01. The molecule has 5 heteroatoms. The topological polar surface area (TPSA) is 65.0 Å². The van der Waals surface area contributed by atoms with Gasteiger partial charge >= 0.3 is 0 Å². The summed E-state index contributed by atoms with van der Waals surface area (Å²) in [5.74, 6) is 0.200. The van der Waals surface area contributed by atoms with Gasteiger partial charge in [0.25, 0.3) is 0 Å². The van der Waals surface area contributed by atoms with Crippen LogP contribution in [0.15, 0.2) is 0 Å². The Hall–Kier alpha value is -0.490. The maximum atomic E-state index is 12.4. The van der Waals surface area contributed by atoms with Gasteiger partial charge in [-0.25, -0.2) is 0 Å². The van der Waals surface area contributed by atoms with Crippen LogP contribution in [0.1, 0.15) is 66.7 Å². The second kappa shape index (κ2) is 7.16. The lowest BCUT2D eigenvalue weighted by atomic mass is 9.57. The molecule has 150 valence electrons. The SMILES string of the molecule is COC1(C)CC[C@H]2[C@H](C)CC[C@H]3[C@@H](C)C(CC(=O)C(C)C)O[C@H](O1)[C@@]23O. The van der Waals surface area contributed by atoms with Crippen molar-refractivity contribution in [1.82, 2.24) is 0 Å². The molecule has 8 atom stereocenters. The first-order chi connectivity index (χ1) is 12.1. The van der Waals surface area contributed by atoms with Gasteiger partial charge in [-0.3, -0.25) is 4.79 Å². The molecule has 2 aliphatic heterocycles. The van der Waals surface area contributed by atoms with Gasteiger partial charge in [0.2, 0.25) is 0 Å². The summed E-state index contributed by atoms with van der Waals surface area (Å²) in [5, 5.41) is 11.9. The van der Waals surface area contributed by atoms with E-state index in [9.17, 15) is 9.90 Å². The molecule has 0 aromatic carbocycles. The van der Waals surface area contributed by atoms with E-state index in [0.717, 1.165) is 25.7 Å². The first kappa shape index (κ1) is 20.2. The highest BCUT2D eigenvalue weighted by atomic mass is 16.8. The lowest BCUT2D eigenvalue weighted by Crippen LogP contribution is -2.66. The van der Waals surface area contributed by atoms with E-state index in [4.69, 9.17) is 14.2 Å². The van der Waals surface area contributed by atoms with Gasteiger partial charge in [-0.15, -0.1) is 0 Å². The van der Waals surface area contributed by atoms with E-state index in [1.54, 1.807) is 7.11 Å². The molecule has 3 rings (SSSR count). The van der Waals surface area contributed by atoms with Crippen molar-refractivity contribution in [3.05, 3.63) is 0 Å². The third-order valence-corrected chi connectivity index (χ3v) is 7.45. The highest BCUT2D eigenvalue weighted by molar-refractivity contribution is 5.80.